The molecule has 5 heteroatoms. The summed E-state index contributed by atoms with van der Waals surface area (Å²) in [7, 11) is 0. The second kappa shape index (κ2) is 9.13. The zero-order valence-electron chi connectivity index (χ0n) is 15.0. The molecule has 26 heavy (non-hydrogen) atoms. The van der Waals surface area contributed by atoms with Crippen LogP contribution < -0.4 is 9.47 Å². The molecule has 0 aliphatic carbocycles. The minimum absolute atomic E-state index is 0.0328. The second-order valence-corrected chi connectivity index (χ2v) is 5.99. The molecular formula is C21H22F2O3. The van der Waals surface area contributed by atoms with E-state index in [0.717, 1.165) is 0 Å². The summed E-state index contributed by atoms with van der Waals surface area (Å²) in [4.78, 5) is 12.3. The first kappa shape index (κ1) is 19.6. The molecule has 0 saturated heterocycles. The summed E-state index contributed by atoms with van der Waals surface area (Å²) in [6.07, 6.45) is 3.07. The third kappa shape index (κ3) is 5.41. The van der Waals surface area contributed by atoms with Crippen molar-refractivity contribution >= 4 is 11.9 Å². The number of rotatable bonds is 8. The molecule has 0 unspecified atom stereocenters. The number of ketones is 1. The standard InChI is InChI=1S/C21H22F2O3/c1-4-25-20-13-15(6-12-19(20)26-21(22)23)5-11-18(24)17-9-7-16(8-10-17)14(2)3/h5-14,21H,4H2,1-3H3/b11-5+. The van der Waals surface area contributed by atoms with Crippen LogP contribution in [0.2, 0.25) is 0 Å². The van der Waals surface area contributed by atoms with Crippen LogP contribution in [0.5, 0.6) is 11.5 Å². The summed E-state index contributed by atoms with van der Waals surface area (Å²) in [5.41, 5.74) is 2.41. The van der Waals surface area contributed by atoms with Crippen LogP contribution in [0.4, 0.5) is 8.78 Å². The fraction of sp³-hybridized carbons (Fsp3) is 0.286. The van der Waals surface area contributed by atoms with Gasteiger partial charge >= 0.3 is 6.61 Å². The lowest BCUT2D eigenvalue weighted by Crippen LogP contribution is -2.04. The van der Waals surface area contributed by atoms with Gasteiger partial charge < -0.3 is 9.47 Å². The second-order valence-electron chi connectivity index (χ2n) is 5.99. The van der Waals surface area contributed by atoms with Crippen LogP contribution in [0.15, 0.2) is 48.5 Å². The van der Waals surface area contributed by atoms with Crippen molar-refractivity contribution in [2.24, 2.45) is 0 Å². The van der Waals surface area contributed by atoms with Gasteiger partial charge in [-0.15, -0.1) is 0 Å². The van der Waals surface area contributed by atoms with E-state index in [1.807, 2.05) is 12.1 Å². The molecule has 0 heterocycles. The van der Waals surface area contributed by atoms with E-state index in [-0.39, 0.29) is 17.3 Å². The van der Waals surface area contributed by atoms with E-state index in [9.17, 15) is 13.6 Å². The van der Waals surface area contributed by atoms with Gasteiger partial charge in [-0.3, -0.25) is 4.79 Å². The molecule has 3 nitrogen and oxygen atoms in total. The number of carbonyl (C=O) groups excluding carboxylic acids is 1. The van der Waals surface area contributed by atoms with E-state index in [2.05, 4.69) is 18.6 Å². The maximum absolute atomic E-state index is 12.4. The van der Waals surface area contributed by atoms with Gasteiger partial charge in [0.05, 0.1) is 6.61 Å². The molecule has 0 aliphatic rings. The summed E-state index contributed by atoms with van der Waals surface area (Å²) in [6.45, 7) is 3.32. The Labute approximate surface area is 152 Å². The number of hydrogen-bond donors (Lipinski definition) is 0. The molecule has 0 atom stereocenters. The highest BCUT2D eigenvalue weighted by atomic mass is 19.3. The molecular weight excluding hydrogens is 338 g/mol. The summed E-state index contributed by atoms with van der Waals surface area (Å²) in [5, 5.41) is 0. The number of allylic oxidation sites excluding steroid dienone is 1. The SMILES string of the molecule is CCOc1cc(/C=C/C(=O)c2ccc(C(C)C)cc2)ccc1OC(F)F. The zero-order valence-corrected chi connectivity index (χ0v) is 15.0. The summed E-state index contributed by atoms with van der Waals surface area (Å²) in [6, 6.07) is 12.0. The Hall–Kier alpha value is -2.69. The fourth-order valence-corrected chi connectivity index (χ4v) is 2.39. The topological polar surface area (TPSA) is 35.5 Å². The van der Waals surface area contributed by atoms with Crippen molar-refractivity contribution in [3.05, 3.63) is 65.2 Å². The smallest absolute Gasteiger partial charge is 0.387 e. The van der Waals surface area contributed by atoms with Crippen LogP contribution in [0.3, 0.4) is 0 Å². The third-order valence-electron chi connectivity index (χ3n) is 3.77. The Kier molecular flexibility index (Phi) is 6.89. The highest BCUT2D eigenvalue weighted by molar-refractivity contribution is 6.06. The predicted molar refractivity (Wildman–Crippen MR) is 98.1 cm³/mol. The zero-order chi connectivity index (χ0) is 19.1. The van der Waals surface area contributed by atoms with E-state index in [1.54, 1.807) is 37.3 Å². The molecule has 0 radical (unpaired) electrons. The first-order valence-corrected chi connectivity index (χ1v) is 8.44. The van der Waals surface area contributed by atoms with Gasteiger partial charge in [0.25, 0.3) is 0 Å². The molecule has 0 saturated carbocycles. The highest BCUT2D eigenvalue weighted by Gasteiger charge is 2.11. The molecule has 2 rings (SSSR count). The van der Waals surface area contributed by atoms with Crippen LogP contribution in [0.25, 0.3) is 6.08 Å². The minimum atomic E-state index is -2.93. The van der Waals surface area contributed by atoms with Gasteiger partial charge in [-0.1, -0.05) is 50.3 Å². The van der Waals surface area contributed by atoms with Gasteiger partial charge in [-0.2, -0.15) is 8.78 Å². The Balaban J connectivity index is 2.15. The third-order valence-corrected chi connectivity index (χ3v) is 3.77. The number of hydrogen-bond acceptors (Lipinski definition) is 3. The van der Waals surface area contributed by atoms with Crippen molar-refractivity contribution in [2.75, 3.05) is 6.61 Å². The molecule has 2 aromatic rings. The van der Waals surface area contributed by atoms with Crippen molar-refractivity contribution in [1.82, 2.24) is 0 Å². The van der Waals surface area contributed by atoms with Crippen LogP contribution in [0.1, 0.15) is 48.2 Å². The normalized spacial score (nSPS) is 11.3. The van der Waals surface area contributed by atoms with Crippen molar-refractivity contribution < 1.29 is 23.0 Å². The lowest BCUT2D eigenvalue weighted by Gasteiger charge is -2.11. The lowest BCUT2D eigenvalue weighted by molar-refractivity contribution is -0.0514. The van der Waals surface area contributed by atoms with Crippen LogP contribution in [-0.2, 0) is 0 Å². The lowest BCUT2D eigenvalue weighted by atomic mass is 10.0. The van der Waals surface area contributed by atoms with E-state index in [4.69, 9.17) is 4.74 Å². The Bertz CT molecular complexity index is 765. The Morgan fingerprint density at radius 1 is 1.08 bits per heavy atom. The van der Waals surface area contributed by atoms with Crippen molar-refractivity contribution in [3.8, 4) is 11.5 Å². The quantitative estimate of drug-likeness (QED) is 0.447. The number of halogens is 2. The fourth-order valence-electron chi connectivity index (χ4n) is 2.39. The predicted octanol–water partition coefficient (Wildman–Crippen LogP) is 5.71. The molecule has 0 bridgehead atoms. The molecule has 138 valence electrons. The van der Waals surface area contributed by atoms with Crippen LogP contribution in [-0.4, -0.2) is 19.0 Å². The highest BCUT2D eigenvalue weighted by Crippen LogP contribution is 2.30. The molecule has 0 aromatic heterocycles. The minimum Gasteiger partial charge on any atom is -0.490 e. The molecule has 0 aliphatic heterocycles. The van der Waals surface area contributed by atoms with Gasteiger partial charge in [-0.05, 0) is 42.2 Å². The summed E-state index contributed by atoms with van der Waals surface area (Å²) < 4.78 is 34.6. The van der Waals surface area contributed by atoms with Crippen LogP contribution >= 0.6 is 0 Å². The Morgan fingerprint density at radius 3 is 2.35 bits per heavy atom. The number of alkyl halides is 2. The maximum Gasteiger partial charge on any atom is 0.387 e. The monoisotopic (exact) mass is 360 g/mol. The van der Waals surface area contributed by atoms with Gasteiger partial charge in [0.15, 0.2) is 17.3 Å². The molecule has 0 amide bonds. The van der Waals surface area contributed by atoms with Gasteiger partial charge in [0, 0.05) is 5.56 Å². The molecule has 2 aromatic carbocycles. The van der Waals surface area contributed by atoms with E-state index >= 15 is 0 Å². The summed E-state index contributed by atoms with van der Waals surface area (Å²) >= 11 is 0. The van der Waals surface area contributed by atoms with Crippen LogP contribution in [0, 0.1) is 0 Å². The average molecular weight is 360 g/mol. The first-order valence-electron chi connectivity index (χ1n) is 8.44. The number of ether oxygens (including phenoxy) is 2. The molecule has 0 N–H and O–H groups in total. The van der Waals surface area contributed by atoms with E-state index in [0.29, 0.717) is 23.7 Å². The van der Waals surface area contributed by atoms with E-state index < -0.39 is 6.61 Å². The number of carbonyl (C=O) groups is 1. The molecule has 0 fully saturated rings. The average Bonchev–Trinajstić information content (AvgIpc) is 2.61. The summed E-state index contributed by atoms with van der Waals surface area (Å²) in [5.74, 6) is 0.449. The van der Waals surface area contributed by atoms with Crippen molar-refractivity contribution in [1.29, 1.82) is 0 Å². The Morgan fingerprint density at radius 2 is 1.77 bits per heavy atom. The van der Waals surface area contributed by atoms with Gasteiger partial charge in [-0.25, -0.2) is 0 Å². The van der Waals surface area contributed by atoms with E-state index in [1.165, 1.54) is 17.7 Å². The number of benzene rings is 2. The van der Waals surface area contributed by atoms with Crippen molar-refractivity contribution in [2.45, 2.75) is 33.3 Å². The first-order chi connectivity index (χ1) is 12.4. The van der Waals surface area contributed by atoms with Gasteiger partial charge in [0.2, 0.25) is 0 Å². The largest absolute Gasteiger partial charge is 0.490 e. The molecule has 0 spiro atoms. The maximum atomic E-state index is 12.4. The van der Waals surface area contributed by atoms with Crippen molar-refractivity contribution in [3.63, 3.8) is 0 Å². The van der Waals surface area contributed by atoms with Gasteiger partial charge in [0.1, 0.15) is 0 Å².